The zero-order valence-corrected chi connectivity index (χ0v) is 46.7. The summed E-state index contributed by atoms with van der Waals surface area (Å²) in [6.45, 7) is 7.70. The Bertz CT molecular complexity index is 4720. The molecule has 2 atom stereocenters. The van der Waals surface area contributed by atoms with Gasteiger partial charge in [0.2, 0.25) is 0 Å². The summed E-state index contributed by atoms with van der Waals surface area (Å²) in [7, 11) is 0. The van der Waals surface area contributed by atoms with Gasteiger partial charge in [-0.25, -0.2) is 26.3 Å². The Labute approximate surface area is 502 Å². The number of hydrogen-bond acceptors (Lipinski definition) is 4. The van der Waals surface area contributed by atoms with Crippen LogP contribution in [0.3, 0.4) is 0 Å². The normalized spacial score (nSPS) is 15.3. The Morgan fingerprint density at radius 1 is 0.352 bits per heavy atom. The molecule has 12 aromatic carbocycles. The maximum atomic E-state index is 17.4. The van der Waals surface area contributed by atoms with Gasteiger partial charge in [0, 0.05) is 33.3 Å². The molecule has 4 nitrogen and oxygen atoms in total. The van der Waals surface area contributed by atoms with Crippen LogP contribution in [0.15, 0.2) is 266 Å². The number of fused-ring (bicyclic) bond motifs is 9. The first-order valence-corrected chi connectivity index (χ1v) is 28.5. The van der Waals surface area contributed by atoms with Crippen molar-refractivity contribution < 1.29 is 40.2 Å². The van der Waals surface area contributed by atoms with Crippen LogP contribution in [0, 0.1) is 34.9 Å². The second-order valence-electron chi connectivity index (χ2n) is 21.9. The highest BCUT2D eigenvalue weighted by atomic mass is 19.2. The van der Waals surface area contributed by atoms with Crippen LogP contribution in [0.25, 0.3) is 56.3 Å². The van der Waals surface area contributed by atoms with Crippen LogP contribution >= 0.6 is 0 Å². The van der Waals surface area contributed by atoms with E-state index < -0.39 is 45.7 Å². The van der Waals surface area contributed by atoms with Gasteiger partial charge in [-0.3, -0.25) is 0 Å². The van der Waals surface area contributed by atoms with E-state index in [2.05, 4.69) is 13.2 Å². The molecule has 2 aliphatic carbocycles. The molecule has 0 radical (unpaired) electrons. The van der Waals surface area contributed by atoms with E-state index in [1.165, 1.54) is 12.1 Å². The summed E-state index contributed by atoms with van der Waals surface area (Å²) >= 11 is 0. The smallest absolute Gasteiger partial charge is 0.194 e. The second-order valence-corrected chi connectivity index (χ2v) is 21.9. The predicted molar refractivity (Wildman–Crippen MR) is 336 cm³/mol. The highest BCUT2D eigenvalue weighted by molar-refractivity contribution is 6.10. The molecule has 2 aliphatic rings. The van der Waals surface area contributed by atoms with E-state index in [9.17, 15) is 0 Å². The first-order valence-electron chi connectivity index (χ1n) is 28.5. The summed E-state index contributed by atoms with van der Waals surface area (Å²) in [5, 5.41) is 1.66. The summed E-state index contributed by atoms with van der Waals surface area (Å²) in [6, 6.07) is 73.9. The molecule has 0 amide bonds. The Balaban J connectivity index is 0.982. The molecule has 0 spiro atoms. The summed E-state index contributed by atoms with van der Waals surface area (Å²) < 4.78 is 117. The molecule has 10 heteroatoms. The number of rotatable bonds is 13. The number of hydrogen-bond donors (Lipinski definition) is 0. The average Bonchev–Trinajstić information content (AvgIpc) is 1.52. The van der Waals surface area contributed by atoms with Crippen molar-refractivity contribution in [2.75, 3.05) is 4.90 Å². The summed E-state index contributed by atoms with van der Waals surface area (Å²) in [6.07, 6.45) is 3.47. The van der Waals surface area contributed by atoms with Crippen molar-refractivity contribution in [2.45, 2.75) is 10.8 Å². The van der Waals surface area contributed by atoms with Crippen LogP contribution in [-0.4, -0.2) is 0 Å². The van der Waals surface area contributed by atoms with Gasteiger partial charge in [0.1, 0.15) is 28.6 Å². The molecule has 0 N–H and O–H groups in total. The molecule has 15 rings (SSSR count). The van der Waals surface area contributed by atoms with E-state index in [1.54, 1.807) is 36.4 Å². The molecule has 0 saturated carbocycles. The maximum absolute atomic E-state index is 17.4. The number of para-hydroxylation sites is 2. The van der Waals surface area contributed by atoms with E-state index in [1.807, 2.05) is 205 Å². The van der Waals surface area contributed by atoms with E-state index >= 15 is 26.3 Å². The minimum atomic E-state index is -1.63. The number of furan rings is 1. The van der Waals surface area contributed by atoms with Crippen molar-refractivity contribution in [3.05, 3.63) is 352 Å². The van der Waals surface area contributed by atoms with Crippen molar-refractivity contribution in [1.82, 2.24) is 0 Å². The van der Waals surface area contributed by atoms with Gasteiger partial charge in [0.05, 0.1) is 16.5 Å². The standard InChI is InChI=1S/C78H47F6NO3/c1-3-46-20-30-52(31-21-46)86-54-34-24-48(25-35-54)77(64-40-42-68(79)74(83)72(64)81)62-16-8-5-12-56(62)58-38-28-50(44-66(58)77)85(70-18-11-15-61-60-14-7-10-19-71(60)88-76(61)70)51-29-39-59-57-13-6-9-17-63(57)78(67(59)45-51,65-41-43-69(80)75(84)73(65)82)49-26-36-55(37-27-49)87-53-32-22-47(4-2)23-33-53/h3-45H,1-2H2. The molecular weight excluding hydrogens is 1110 g/mol. The van der Waals surface area contributed by atoms with Gasteiger partial charge in [-0.1, -0.05) is 177 Å². The summed E-state index contributed by atoms with van der Waals surface area (Å²) in [5.41, 5.74) is 7.27. The first-order chi connectivity index (χ1) is 43.0. The zero-order chi connectivity index (χ0) is 60.0. The van der Waals surface area contributed by atoms with Gasteiger partial charge in [0.25, 0.3) is 0 Å². The van der Waals surface area contributed by atoms with Crippen LogP contribution in [0.1, 0.15) is 55.6 Å². The molecule has 424 valence electrons. The quantitative estimate of drug-likeness (QED) is 0.0851. The molecule has 88 heavy (non-hydrogen) atoms. The molecule has 0 fully saturated rings. The lowest BCUT2D eigenvalue weighted by Crippen LogP contribution is -2.31. The largest absolute Gasteiger partial charge is 0.457 e. The average molecular weight is 1160 g/mol. The predicted octanol–water partition coefficient (Wildman–Crippen LogP) is 21.5. The molecule has 1 heterocycles. The Hall–Kier alpha value is -11.1. The monoisotopic (exact) mass is 1160 g/mol. The fourth-order valence-electron chi connectivity index (χ4n) is 13.5. The third-order valence-corrected chi connectivity index (χ3v) is 17.4. The van der Waals surface area contributed by atoms with Crippen LogP contribution in [0.2, 0.25) is 0 Å². The number of benzene rings is 12. The van der Waals surface area contributed by atoms with Gasteiger partial charge in [-0.05, 0) is 164 Å². The van der Waals surface area contributed by atoms with E-state index in [0.717, 1.165) is 45.2 Å². The van der Waals surface area contributed by atoms with Gasteiger partial charge in [0.15, 0.2) is 40.5 Å². The molecule has 0 saturated heterocycles. The van der Waals surface area contributed by atoms with Gasteiger partial charge < -0.3 is 18.8 Å². The number of anilines is 3. The van der Waals surface area contributed by atoms with Crippen LogP contribution < -0.4 is 14.4 Å². The van der Waals surface area contributed by atoms with Crippen LogP contribution in [0.5, 0.6) is 23.0 Å². The number of halogens is 6. The molecule has 13 aromatic rings. The van der Waals surface area contributed by atoms with Crippen molar-refractivity contribution in [3.8, 4) is 45.3 Å². The molecule has 0 aliphatic heterocycles. The highest BCUT2D eigenvalue weighted by Gasteiger charge is 2.51. The first kappa shape index (κ1) is 53.6. The van der Waals surface area contributed by atoms with Crippen molar-refractivity contribution >= 4 is 51.2 Å². The lowest BCUT2D eigenvalue weighted by Gasteiger charge is -2.36. The Kier molecular flexibility index (Phi) is 12.7. The lowest BCUT2D eigenvalue weighted by molar-refractivity contribution is 0.435. The molecular formula is C78H47F6NO3. The molecule has 0 bridgehead atoms. The maximum Gasteiger partial charge on any atom is 0.194 e. The summed E-state index contributed by atoms with van der Waals surface area (Å²) in [5.74, 6) is -6.58. The van der Waals surface area contributed by atoms with E-state index in [0.29, 0.717) is 95.7 Å². The third kappa shape index (κ3) is 8.16. The molecule has 2 unspecified atom stereocenters. The van der Waals surface area contributed by atoms with E-state index in [4.69, 9.17) is 13.9 Å². The SMILES string of the molecule is C=Cc1ccc(Oc2ccc(C3(c4ccc(F)c(F)c4F)c4ccccc4-c4ccc(N(c5ccc6c(c5)C(c5ccc(Oc7ccc(C=C)cc7)cc5)(c5ccc(F)c(F)c5F)c5ccccc5-6)c5cccc6c5oc5ccccc56)cc43)cc2)cc1. The number of ether oxygens (including phenoxy) is 2. The second kappa shape index (κ2) is 20.9. The topological polar surface area (TPSA) is 34.8 Å². The highest BCUT2D eigenvalue weighted by Crippen LogP contribution is 2.61. The van der Waals surface area contributed by atoms with Crippen molar-refractivity contribution in [2.24, 2.45) is 0 Å². The van der Waals surface area contributed by atoms with E-state index in [-0.39, 0.29) is 11.1 Å². The lowest BCUT2D eigenvalue weighted by atomic mass is 9.67. The Morgan fingerprint density at radius 2 is 0.761 bits per heavy atom. The van der Waals surface area contributed by atoms with Crippen LogP contribution in [-0.2, 0) is 10.8 Å². The fraction of sp³-hybridized carbons (Fsp3) is 0.0256. The van der Waals surface area contributed by atoms with Crippen molar-refractivity contribution in [3.63, 3.8) is 0 Å². The minimum Gasteiger partial charge on any atom is -0.457 e. The van der Waals surface area contributed by atoms with Gasteiger partial charge in [-0.2, -0.15) is 0 Å². The van der Waals surface area contributed by atoms with Crippen molar-refractivity contribution in [1.29, 1.82) is 0 Å². The van der Waals surface area contributed by atoms with Gasteiger partial charge >= 0.3 is 0 Å². The fourth-order valence-corrected chi connectivity index (χ4v) is 13.5. The van der Waals surface area contributed by atoms with Crippen LogP contribution in [0.4, 0.5) is 43.4 Å². The third-order valence-electron chi connectivity index (χ3n) is 17.4. The zero-order valence-electron chi connectivity index (χ0n) is 46.7. The molecule has 1 aromatic heterocycles. The minimum absolute atomic E-state index is 0.134. The number of nitrogens with zero attached hydrogens (tertiary/aromatic N) is 1. The van der Waals surface area contributed by atoms with Gasteiger partial charge in [-0.15, -0.1) is 0 Å². The summed E-state index contributed by atoms with van der Waals surface area (Å²) in [4.78, 5) is 2.00. The Morgan fingerprint density at radius 3 is 1.23 bits per heavy atom.